The van der Waals surface area contributed by atoms with Crippen molar-refractivity contribution in [1.82, 2.24) is 9.55 Å². The number of amides is 1. The van der Waals surface area contributed by atoms with Crippen LogP contribution in [-0.4, -0.2) is 20.6 Å². The zero-order valence-electron chi connectivity index (χ0n) is 17.0. The Hall–Kier alpha value is -4.26. The quantitative estimate of drug-likeness (QED) is 0.345. The molecule has 32 heavy (non-hydrogen) atoms. The molecule has 5 rings (SSSR count). The highest BCUT2D eigenvalue weighted by atomic mass is 19.1. The van der Waals surface area contributed by atoms with Crippen molar-refractivity contribution in [3.8, 4) is 5.88 Å². The highest BCUT2D eigenvalue weighted by Crippen LogP contribution is 2.39. The molecule has 0 aliphatic rings. The number of fused-ring (bicyclic) bond motifs is 2. The first kappa shape index (κ1) is 19.7. The normalized spacial score (nSPS) is 11.7. The number of aromatic hydroxyl groups is 1. The first-order chi connectivity index (χ1) is 15.6. The topological polar surface area (TPSA) is 82.7 Å². The second kappa shape index (κ2) is 8.11. The maximum Gasteiger partial charge on any atom is 0.269 e. The highest BCUT2D eigenvalue weighted by Gasteiger charge is 2.17. The summed E-state index contributed by atoms with van der Waals surface area (Å²) in [6.07, 6.45) is 1.90. The molecule has 0 saturated carbocycles. The van der Waals surface area contributed by atoms with Crippen LogP contribution in [0.3, 0.4) is 0 Å². The van der Waals surface area contributed by atoms with Crippen LogP contribution >= 0.6 is 0 Å². The molecule has 0 bridgehead atoms. The molecule has 0 atom stereocenters. The van der Waals surface area contributed by atoms with Crippen LogP contribution in [0.15, 0.2) is 89.2 Å². The van der Waals surface area contributed by atoms with Gasteiger partial charge in [-0.15, -0.1) is 10.2 Å². The second-order valence-corrected chi connectivity index (χ2v) is 7.53. The number of nitrogens with one attached hydrogen (secondary N) is 1. The van der Waals surface area contributed by atoms with Crippen LogP contribution < -0.4 is 0 Å². The minimum Gasteiger partial charge on any atom is -0.493 e. The Balaban J connectivity index is 1.44. The Kier molecular flexibility index (Phi) is 4.99. The van der Waals surface area contributed by atoms with Crippen LogP contribution in [0.25, 0.3) is 21.8 Å². The fraction of sp³-hybridized carbons (Fsp3) is 0.0800. The van der Waals surface area contributed by atoms with Crippen LogP contribution in [0.4, 0.5) is 10.1 Å². The molecule has 0 aliphatic heterocycles. The van der Waals surface area contributed by atoms with Gasteiger partial charge in [0.05, 0.1) is 18.5 Å². The number of rotatable bonds is 5. The van der Waals surface area contributed by atoms with E-state index >= 15 is 0 Å². The first-order valence-electron chi connectivity index (χ1n) is 10.1. The fourth-order valence-corrected chi connectivity index (χ4v) is 3.88. The Morgan fingerprint density at radius 1 is 0.969 bits per heavy atom. The molecule has 2 N–H and O–H groups in total. The van der Waals surface area contributed by atoms with E-state index in [2.05, 4.69) is 15.2 Å². The number of carbonyl (C=O) groups is 1. The molecule has 2 heterocycles. The van der Waals surface area contributed by atoms with E-state index in [1.807, 2.05) is 48.5 Å². The van der Waals surface area contributed by atoms with E-state index in [0.29, 0.717) is 11.9 Å². The summed E-state index contributed by atoms with van der Waals surface area (Å²) in [5, 5.41) is 20.5. The number of aromatic amines is 1. The van der Waals surface area contributed by atoms with Crippen LogP contribution in [0, 0.1) is 5.82 Å². The van der Waals surface area contributed by atoms with Gasteiger partial charge in [-0.25, -0.2) is 4.39 Å². The number of nitrogens with zero attached hydrogens (tertiary/aromatic N) is 3. The summed E-state index contributed by atoms with van der Waals surface area (Å²) in [5.41, 5.74) is 3.59. The largest absolute Gasteiger partial charge is 0.493 e. The number of halogens is 1. The third-order valence-electron chi connectivity index (χ3n) is 5.45. The number of benzene rings is 3. The number of azo groups is 1. The number of aromatic nitrogens is 2. The Labute approximate surface area is 182 Å². The number of para-hydroxylation sites is 2. The zero-order chi connectivity index (χ0) is 22.1. The molecular formula is C25H19FN4O2. The molecule has 7 heteroatoms. The molecular weight excluding hydrogens is 407 g/mol. The molecule has 158 valence electrons. The summed E-state index contributed by atoms with van der Waals surface area (Å²) in [5.74, 6) is -0.831. The number of hydrogen-bond donors (Lipinski definition) is 2. The number of carbonyl (C=O) groups excluding carboxylic acids is 1. The molecule has 0 saturated heterocycles. The molecule has 2 aromatic heterocycles. The highest BCUT2D eigenvalue weighted by molar-refractivity contribution is 5.95. The third-order valence-corrected chi connectivity index (χ3v) is 5.45. The smallest absolute Gasteiger partial charge is 0.269 e. The van der Waals surface area contributed by atoms with Crippen LogP contribution in [0.1, 0.15) is 11.1 Å². The summed E-state index contributed by atoms with van der Waals surface area (Å²) < 4.78 is 14.9. The molecule has 3 aromatic carbocycles. The van der Waals surface area contributed by atoms with Crippen LogP contribution in [0.5, 0.6) is 5.88 Å². The minimum atomic E-state index is -0.412. The standard InChI is InChI=1S/C25H19FN4O2/c26-18-11-9-16(10-12-18)15-30-22-8-4-2-6-20(22)24(25(30)32)29-28-23(31)13-17-14-27-21-7-3-1-5-19(17)21/h1-12,14,27,32H,13,15H2. The Morgan fingerprint density at radius 3 is 2.50 bits per heavy atom. The van der Waals surface area contributed by atoms with Crippen LogP contribution in [0.2, 0.25) is 0 Å². The van der Waals surface area contributed by atoms with Crippen molar-refractivity contribution in [3.63, 3.8) is 0 Å². The van der Waals surface area contributed by atoms with Crippen molar-refractivity contribution in [2.75, 3.05) is 0 Å². The Morgan fingerprint density at radius 2 is 1.69 bits per heavy atom. The van der Waals surface area contributed by atoms with Crippen molar-refractivity contribution in [2.45, 2.75) is 13.0 Å². The van der Waals surface area contributed by atoms with Gasteiger partial charge in [0, 0.05) is 22.5 Å². The average molecular weight is 426 g/mol. The lowest BCUT2D eigenvalue weighted by Gasteiger charge is -2.07. The van der Waals surface area contributed by atoms with Gasteiger partial charge in [0.2, 0.25) is 5.88 Å². The number of H-pyrrole nitrogens is 1. The summed E-state index contributed by atoms with van der Waals surface area (Å²) in [6.45, 7) is 0.325. The molecule has 0 unspecified atom stereocenters. The first-order valence-corrected chi connectivity index (χ1v) is 10.1. The SMILES string of the molecule is O=C(Cc1c[nH]c2ccccc12)N=Nc1c(O)n(Cc2ccc(F)cc2)c2ccccc12. The Bertz CT molecular complexity index is 1460. The minimum absolute atomic E-state index is 0.0980. The zero-order valence-corrected chi connectivity index (χ0v) is 17.0. The lowest BCUT2D eigenvalue weighted by molar-refractivity contribution is -0.117. The molecule has 5 aromatic rings. The van der Waals surface area contributed by atoms with Gasteiger partial charge in [-0.05, 0) is 35.4 Å². The van der Waals surface area contributed by atoms with Gasteiger partial charge in [-0.3, -0.25) is 4.79 Å². The molecule has 0 spiro atoms. The van der Waals surface area contributed by atoms with Crippen molar-refractivity contribution >= 4 is 33.4 Å². The van der Waals surface area contributed by atoms with E-state index in [0.717, 1.165) is 27.5 Å². The summed E-state index contributed by atoms with van der Waals surface area (Å²) in [6, 6.07) is 21.2. The van der Waals surface area contributed by atoms with Gasteiger partial charge in [-0.1, -0.05) is 48.5 Å². The van der Waals surface area contributed by atoms with Gasteiger partial charge in [0.15, 0.2) is 5.69 Å². The van der Waals surface area contributed by atoms with Gasteiger partial charge < -0.3 is 14.7 Å². The second-order valence-electron chi connectivity index (χ2n) is 7.53. The number of hydrogen-bond acceptors (Lipinski definition) is 3. The van der Waals surface area contributed by atoms with Gasteiger partial charge in [0.25, 0.3) is 5.91 Å². The van der Waals surface area contributed by atoms with E-state index < -0.39 is 5.91 Å². The maximum absolute atomic E-state index is 13.2. The predicted octanol–water partition coefficient (Wildman–Crippen LogP) is 5.87. The maximum atomic E-state index is 13.2. The predicted molar refractivity (Wildman–Crippen MR) is 121 cm³/mol. The molecule has 1 amide bonds. The van der Waals surface area contributed by atoms with E-state index in [-0.39, 0.29) is 23.8 Å². The van der Waals surface area contributed by atoms with Gasteiger partial charge >= 0.3 is 0 Å². The lowest BCUT2D eigenvalue weighted by atomic mass is 10.1. The van der Waals surface area contributed by atoms with Crippen molar-refractivity contribution in [2.24, 2.45) is 10.2 Å². The van der Waals surface area contributed by atoms with Crippen molar-refractivity contribution < 1.29 is 14.3 Å². The van der Waals surface area contributed by atoms with Crippen LogP contribution in [-0.2, 0) is 17.8 Å². The third kappa shape index (κ3) is 3.65. The summed E-state index contributed by atoms with van der Waals surface area (Å²) in [4.78, 5) is 15.6. The molecule has 0 fully saturated rings. The molecule has 6 nitrogen and oxygen atoms in total. The molecule has 0 radical (unpaired) electrons. The van der Waals surface area contributed by atoms with E-state index in [4.69, 9.17) is 0 Å². The van der Waals surface area contributed by atoms with E-state index in [1.165, 1.54) is 12.1 Å². The van der Waals surface area contributed by atoms with E-state index in [1.54, 1.807) is 22.9 Å². The van der Waals surface area contributed by atoms with Crippen molar-refractivity contribution in [1.29, 1.82) is 0 Å². The average Bonchev–Trinajstić information content (AvgIpc) is 3.33. The lowest BCUT2D eigenvalue weighted by Crippen LogP contribution is -1.99. The van der Waals surface area contributed by atoms with E-state index in [9.17, 15) is 14.3 Å². The molecule has 0 aliphatic carbocycles. The van der Waals surface area contributed by atoms with Gasteiger partial charge in [-0.2, -0.15) is 0 Å². The van der Waals surface area contributed by atoms with Crippen molar-refractivity contribution in [3.05, 3.63) is 95.9 Å². The fourth-order valence-electron chi connectivity index (χ4n) is 3.88. The monoisotopic (exact) mass is 426 g/mol. The summed E-state index contributed by atoms with van der Waals surface area (Å²) in [7, 11) is 0. The summed E-state index contributed by atoms with van der Waals surface area (Å²) >= 11 is 0. The van der Waals surface area contributed by atoms with Gasteiger partial charge in [0.1, 0.15) is 5.82 Å².